The van der Waals surface area contributed by atoms with E-state index in [1.807, 2.05) is 6.08 Å². The zero-order valence-electron chi connectivity index (χ0n) is 25.9. The first-order valence-corrected chi connectivity index (χ1v) is 15.4. The van der Waals surface area contributed by atoms with Crippen LogP contribution in [0.5, 0.6) is 0 Å². The van der Waals surface area contributed by atoms with Gasteiger partial charge in [0.25, 0.3) is 5.92 Å². The van der Waals surface area contributed by atoms with Crippen LogP contribution in [-0.4, -0.2) is 139 Å². The summed E-state index contributed by atoms with van der Waals surface area (Å²) in [6.45, 7) is 1.22. The average molecular weight is 655 g/mol. The van der Waals surface area contributed by atoms with Gasteiger partial charge in [0, 0.05) is 12.5 Å². The number of carbonyl (C=O) groups is 1. The number of carbonyl (C=O) groups excluding carboxylic acids is 1. The third kappa shape index (κ3) is 9.34. The minimum Gasteiger partial charge on any atom is -0.467 e. The summed E-state index contributed by atoms with van der Waals surface area (Å²) in [6.07, 6.45) is -7.26. The molecular formula is C28H52F2N6O9. The normalized spacial score (nSPS) is 38.4. The molecule has 1 aliphatic carbocycles. The minimum absolute atomic E-state index is 0.0596. The maximum absolute atomic E-state index is 14.1. The van der Waals surface area contributed by atoms with E-state index in [0.29, 0.717) is 25.3 Å². The van der Waals surface area contributed by atoms with Gasteiger partial charge in [-0.15, -0.1) is 0 Å². The van der Waals surface area contributed by atoms with Gasteiger partial charge in [0.15, 0.2) is 18.2 Å². The van der Waals surface area contributed by atoms with Crippen molar-refractivity contribution in [3.8, 4) is 0 Å². The number of aliphatic hydroxyl groups is 4. The molecule has 12 atom stereocenters. The lowest BCUT2D eigenvalue weighted by atomic mass is 9.76. The third-order valence-electron chi connectivity index (χ3n) is 8.73. The van der Waals surface area contributed by atoms with Gasteiger partial charge in [0.05, 0.1) is 37.9 Å². The van der Waals surface area contributed by atoms with E-state index in [1.54, 1.807) is 0 Å². The van der Waals surface area contributed by atoms with Gasteiger partial charge in [-0.1, -0.05) is 0 Å². The number of nitrogens with two attached hydrogens (primary N) is 4. The lowest BCUT2D eigenvalue weighted by Gasteiger charge is -2.49. The number of rotatable bonds is 16. The molecule has 2 heterocycles. The van der Waals surface area contributed by atoms with Crippen molar-refractivity contribution < 1.29 is 52.9 Å². The van der Waals surface area contributed by atoms with Crippen LogP contribution in [0, 0.1) is 5.92 Å². The predicted molar refractivity (Wildman–Crippen MR) is 157 cm³/mol. The molecule has 3 aliphatic rings. The summed E-state index contributed by atoms with van der Waals surface area (Å²) in [6, 6.07) is -2.17. The summed E-state index contributed by atoms with van der Waals surface area (Å²) in [5, 5.41) is 49.5. The van der Waals surface area contributed by atoms with Crippen LogP contribution in [0.2, 0.25) is 0 Å². The molecule has 2 unspecified atom stereocenters. The Morgan fingerprint density at radius 2 is 1.87 bits per heavy atom. The zero-order chi connectivity index (χ0) is 33.5. The van der Waals surface area contributed by atoms with Gasteiger partial charge in [0.1, 0.15) is 29.7 Å². The van der Waals surface area contributed by atoms with E-state index in [0.717, 1.165) is 12.8 Å². The number of ketones is 1. The first-order chi connectivity index (χ1) is 21.2. The van der Waals surface area contributed by atoms with Crippen molar-refractivity contribution in [2.24, 2.45) is 28.9 Å². The lowest BCUT2D eigenvalue weighted by Crippen LogP contribution is -2.67. The van der Waals surface area contributed by atoms with Crippen LogP contribution in [0.4, 0.5) is 8.78 Å². The first-order valence-electron chi connectivity index (χ1n) is 15.4. The van der Waals surface area contributed by atoms with Gasteiger partial charge in [-0.25, -0.2) is 8.78 Å². The lowest BCUT2D eigenvalue weighted by molar-refractivity contribution is -0.308. The summed E-state index contributed by atoms with van der Waals surface area (Å²) < 4.78 is 52.1. The highest BCUT2D eigenvalue weighted by Crippen LogP contribution is 2.37. The van der Waals surface area contributed by atoms with Gasteiger partial charge in [-0.2, -0.15) is 0 Å². The van der Waals surface area contributed by atoms with E-state index >= 15 is 0 Å². The average Bonchev–Trinajstić information content (AvgIpc) is 3.00. The quantitative estimate of drug-likeness (QED) is 0.0732. The Bertz CT molecular complexity index is 983. The Hall–Kier alpha value is -1.45. The van der Waals surface area contributed by atoms with Crippen molar-refractivity contribution in [3.05, 3.63) is 11.8 Å². The van der Waals surface area contributed by atoms with E-state index in [4.69, 9.17) is 41.9 Å². The van der Waals surface area contributed by atoms with E-state index in [1.165, 1.54) is 14.0 Å². The number of likely N-dealkylation sites (N-methyl/N-ethyl adjacent to an activating group) is 1. The fraction of sp³-hybridized carbons (Fsp3) is 0.893. The molecule has 3 rings (SSSR count). The summed E-state index contributed by atoms with van der Waals surface area (Å²) in [5.41, 5.74) is 21.4. The van der Waals surface area contributed by atoms with Crippen LogP contribution in [-0.2, 0) is 23.7 Å². The molecule has 45 heavy (non-hydrogen) atoms. The number of alkyl halides is 2. The van der Waals surface area contributed by atoms with Gasteiger partial charge in [-0.05, 0) is 64.7 Å². The predicted octanol–water partition coefficient (Wildman–Crippen LogP) is -3.28. The topological polar surface area (TPSA) is 263 Å². The van der Waals surface area contributed by atoms with Gasteiger partial charge < -0.3 is 72.9 Å². The highest BCUT2D eigenvalue weighted by atomic mass is 19.3. The molecule has 2 fully saturated rings. The number of halogens is 2. The molecule has 0 aromatic carbocycles. The van der Waals surface area contributed by atoms with Crippen molar-refractivity contribution in [3.63, 3.8) is 0 Å². The fourth-order valence-corrected chi connectivity index (χ4v) is 6.14. The number of hydrogen-bond donors (Lipinski definition) is 10. The van der Waals surface area contributed by atoms with Crippen molar-refractivity contribution >= 4 is 5.78 Å². The summed E-state index contributed by atoms with van der Waals surface area (Å²) >= 11 is 0. The van der Waals surface area contributed by atoms with E-state index < -0.39 is 91.4 Å². The number of hydrogen-bond acceptors (Lipinski definition) is 15. The number of Topliss-reactive ketones (excluding diaryl/α,β-unsaturated/α-hetero) is 1. The molecule has 17 heteroatoms. The maximum Gasteiger partial charge on any atom is 0.292 e. The first kappa shape index (κ1) is 38.0. The largest absolute Gasteiger partial charge is 0.467 e. The standard InChI is InChI=1S/C28H52F2N6O9/c1-27(41)13-42-26(20(39)23(27)35-2)44-21-14(10-18(37)24(40)28(29,30)12-33)9-16(34)22(19(21)38)45-25-17(36-8-4-3-7-31)6-5-15(11-32)43-25/h5,14,16-17,19-26,35-36,38-41H,3-4,6-13,31-34H2,1-2H3/t14-,16-,17+,19+,20+,21-,22?,23+,24?,25+,26+,27-/m0/s1. The van der Waals surface area contributed by atoms with Crippen LogP contribution < -0.4 is 33.6 Å². The summed E-state index contributed by atoms with van der Waals surface area (Å²) in [7, 11) is 1.53. The molecule has 0 bridgehead atoms. The SMILES string of the molecule is CN[C@@H]1[C@@H](O)[C@@H](O[C@H]2[C@H](CC(=O)C(O)C(F)(F)CN)C[C@H](N)C(O[C@H]3OC(CN)=CC[C@H]3NCCCCN)[C@@H]2O)OC[C@]1(C)O. The molecule has 0 spiro atoms. The van der Waals surface area contributed by atoms with Crippen LogP contribution in [0.3, 0.4) is 0 Å². The van der Waals surface area contributed by atoms with E-state index in [-0.39, 0.29) is 25.6 Å². The molecule has 0 aromatic heterocycles. The summed E-state index contributed by atoms with van der Waals surface area (Å²) in [5.74, 6) is -5.62. The number of nitrogens with one attached hydrogen (secondary N) is 2. The van der Waals surface area contributed by atoms with Crippen molar-refractivity contribution in [2.75, 3.05) is 39.8 Å². The van der Waals surface area contributed by atoms with Crippen molar-refractivity contribution in [1.29, 1.82) is 0 Å². The van der Waals surface area contributed by atoms with E-state index in [9.17, 15) is 34.0 Å². The molecule has 0 amide bonds. The van der Waals surface area contributed by atoms with Gasteiger partial charge >= 0.3 is 0 Å². The Kier molecular flexibility index (Phi) is 14.0. The molecule has 14 N–H and O–H groups in total. The second-order valence-corrected chi connectivity index (χ2v) is 12.3. The van der Waals surface area contributed by atoms with Crippen molar-refractivity contribution in [1.82, 2.24) is 10.6 Å². The number of unbranched alkanes of at least 4 members (excludes halogenated alkanes) is 1. The molecule has 1 saturated carbocycles. The van der Waals surface area contributed by atoms with E-state index in [2.05, 4.69) is 10.6 Å². The molecule has 15 nitrogen and oxygen atoms in total. The maximum atomic E-state index is 14.1. The van der Waals surface area contributed by atoms with Crippen LogP contribution in [0.1, 0.15) is 39.0 Å². The Labute approximate surface area is 261 Å². The van der Waals surface area contributed by atoms with Crippen LogP contribution in [0.15, 0.2) is 11.8 Å². The third-order valence-corrected chi connectivity index (χ3v) is 8.73. The van der Waals surface area contributed by atoms with Crippen LogP contribution >= 0.6 is 0 Å². The molecule has 0 aromatic rings. The van der Waals surface area contributed by atoms with Gasteiger partial charge in [-0.3, -0.25) is 4.79 Å². The molecule has 0 radical (unpaired) electrons. The Morgan fingerprint density at radius 3 is 2.49 bits per heavy atom. The second-order valence-electron chi connectivity index (χ2n) is 12.3. The van der Waals surface area contributed by atoms with Gasteiger partial charge in [0.2, 0.25) is 6.29 Å². The van der Waals surface area contributed by atoms with Crippen LogP contribution in [0.25, 0.3) is 0 Å². The number of aliphatic hydroxyl groups excluding tert-OH is 3. The molecule has 1 saturated heterocycles. The highest BCUT2D eigenvalue weighted by Gasteiger charge is 2.52. The molecule has 2 aliphatic heterocycles. The Morgan fingerprint density at radius 1 is 1.18 bits per heavy atom. The molecular weight excluding hydrogens is 602 g/mol. The fourth-order valence-electron chi connectivity index (χ4n) is 6.14. The second kappa shape index (κ2) is 16.6. The molecule has 262 valence electrons. The van der Waals surface area contributed by atoms with Crippen molar-refractivity contribution in [2.45, 2.75) is 112 Å². The summed E-state index contributed by atoms with van der Waals surface area (Å²) in [4.78, 5) is 12.8. The highest BCUT2D eigenvalue weighted by molar-refractivity contribution is 5.84. The minimum atomic E-state index is -3.87. The Balaban J connectivity index is 1.86. The zero-order valence-corrected chi connectivity index (χ0v) is 25.9. The number of ether oxygens (including phenoxy) is 4. The smallest absolute Gasteiger partial charge is 0.292 e. The monoisotopic (exact) mass is 654 g/mol.